The van der Waals surface area contributed by atoms with Crippen molar-refractivity contribution in [2.45, 2.75) is 20.1 Å². The first kappa shape index (κ1) is 16.4. The summed E-state index contributed by atoms with van der Waals surface area (Å²) in [4.78, 5) is 16.2. The molecule has 0 aliphatic carbocycles. The highest BCUT2D eigenvalue weighted by molar-refractivity contribution is 5.92. The topological polar surface area (TPSA) is 108 Å². The number of pyridine rings is 1. The van der Waals surface area contributed by atoms with Gasteiger partial charge in [-0.3, -0.25) is 9.78 Å². The highest BCUT2D eigenvalue weighted by Gasteiger charge is 2.23. The Morgan fingerprint density at radius 1 is 1.46 bits per heavy atom. The van der Waals surface area contributed by atoms with E-state index >= 15 is 0 Å². The van der Waals surface area contributed by atoms with Crippen LogP contribution in [0.3, 0.4) is 0 Å². The number of amides is 1. The summed E-state index contributed by atoms with van der Waals surface area (Å²) >= 11 is 0. The van der Waals surface area contributed by atoms with E-state index in [2.05, 4.69) is 25.8 Å². The molecule has 0 bridgehead atoms. The van der Waals surface area contributed by atoms with Crippen LogP contribution in [0.5, 0.6) is 0 Å². The fraction of sp³-hybridized carbons (Fsp3) is 0.353. The van der Waals surface area contributed by atoms with E-state index in [0.717, 1.165) is 17.0 Å². The van der Waals surface area contributed by atoms with Crippen molar-refractivity contribution in [3.05, 3.63) is 47.7 Å². The molecule has 9 nitrogen and oxygen atoms in total. The third-order valence-corrected chi connectivity index (χ3v) is 4.21. The predicted molar refractivity (Wildman–Crippen MR) is 90.0 cm³/mol. The maximum Gasteiger partial charge on any atom is 0.273 e. The Bertz CT molecular complexity index is 904. The molecular formula is C17H18N6O3. The van der Waals surface area contributed by atoms with Crippen LogP contribution in [-0.2, 0) is 17.9 Å². The van der Waals surface area contributed by atoms with Crippen molar-refractivity contribution < 1.29 is 14.1 Å². The molecule has 1 atom stereocenters. The van der Waals surface area contributed by atoms with Gasteiger partial charge in [-0.15, -0.1) is 5.10 Å². The highest BCUT2D eigenvalue weighted by Crippen LogP contribution is 2.23. The largest absolute Gasteiger partial charge is 0.375 e. The lowest BCUT2D eigenvalue weighted by Gasteiger charge is -2.14. The van der Waals surface area contributed by atoms with Gasteiger partial charge < -0.3 is 14.6 Å². The van der Waals surface area contributed by atoms with E-state index in [-0.39, 0.29) is 17.5 Å². The standard InChI is InChI=1S/C17H18N6O3/c1-11-5-14(21-26-11)17(24)19-6-12-8-23-15(10-25-9-12)16(20-22-23)13-3-2-4-18-7-13/h2-5,7,12H,6,8-10H2,1H3,(H,19,24). The summed E-state index contributed by atoms with van der Waals surface area (Å²) in [5.41, 5.74) is 2.88. The monoisotopic (exact) mass is 354 g/mol. The van der Waals surface area contributed by atoms with Crippen molar-refractivity contribution in [2.24, 2.45) is 5.92 Å². The van der Waals surface area contributed by atoms with Crippen LogP contribution in [0.25, 0.3) is 11.3 Å². The Hall–Kier alpha value is -3.07. The molecule has 134 valence electrons. The van der Waals surface area contributed by atoms with Gasteiger partial charge in [-0.2, -0.15) is 0 Å². The first-order chi connectivity index (χ1) is 12.7. The lowest BCUT2D eigenvalue weighted by atomic mass is 10.1. The number of fused-ring (bicyclic) bond motifs is 1. The maximum atomic E-state index is 12.1. The Balaban J connectivity index is 1.44. The van der Waals surface area contributed by atoms with E-state index in [4.69, 9.17) is 9.26 Å². The molecule has 0 radical (unpaired) electrons. The number of carbonyl (C=O) groups excluding carboxylic acids is 1. The van der Waals surface area contributed by atoms with Gasteiger partial charge in [0.15, 0.2) is 5.69 Å². The summed E-state index contributed by atoms with van der Waals surface area (Å²) in [6.45, 7) is 3.75. The molecule has 3 aromatic heterocycles. The smallest absolute Gasteiger partial charge is 0.273 e. The molecule has 0 fully saturated rings. The second-order valence-electron chi connectivity index (χ2n) is 6.22. The quantitative estimate of drug-likeness (QED) is 0.750. The van der Waals surface area contributed by atoms with Crippen molar-refractivity contribution in [3.63, 3.8) is 0 Å². The van der Waals surface area contributed by atoms with E-state index in [1.165, 1.54) is 0 Å². The van der Waals surface area contributed by atoms with Crippen molar-refractivity contribution in [2.75, 3.05) is 13.2 Å². The summed E-state index contributed by atoms with van der Waals surface area (Å²) < 4.78 is 12.6. The van der Waals surface area contributed by atoms with Crippen LogP contribution in [-0.4, -0.2) is 44.2 Å². The Morgan fingerprint density at radius 3 is 3.15 bits per heavy atom. The zero-order valence-corrected chi connectivity index (χ0v) is 14.3. The lowest BCUT2D eigenvalue weighted by molar-refractivity contribution is 0.0847. The van der Waals surface area contributed by atoms with Crippen molar-refractivity contribution in [3.8, 4) is 11.3 Å². The molecule has 4 rings (SSSR count). The molecule has 0 saturated heterocycles. The summed E-state index contributed by atoms with van der Waals surface area (Å²) in [5, 5.41) is 15.1. The predicted octanol–water partition coefficient (Wildman–Crippen LogP) is 1.21. The van der Waals surface area contributed by atoms with Crippen LogP contribution >= 0.6 is 0 Å². The van der Waals surface area contributed by atoms with Crippen LogP contribution in [0.1, 0.15) is 21.9 Å². The van der Waals surface area contributed by atoms with Gasteiger partial charge in [0.05, 0.1) is 18.9 Å². The Kier molecular flexibility index (Phi) is 4.44. The lowest BCUT2D eigenvalue weighted by Crippen LogP contribution is -2.33. The molecule has 3 aromatic rings. The van der Waals surface area contributed by atoms with Gasteiger partial charge in [0.2, 0.25) is 0 Å². The fourth-order valence-corrected chi connectivity index (χ4v) is 2.89. The molecule has 0 spiro atoms. The average Bonchev–Trinajstić information content (AvgIpc) is 3.21. The molecule has 1 aliphatic rings. The number of carbonyl (C=O) groups is 1. The summed E-state index contributed by atoms with van der Waals surface area (Å²) in [5.74, 6) is 0.417. The maximum absolute atomic E-state index is 12.1. The van der Waals surface area contributed by atoms with Gasteiger partial charge in [-0.1, -0.05) is 10.4 Å². The van der Waals surface area contributed by atoms with Gasteiger partial charge in [-0.25, -0.2) is 4.68 Å². The number of nitrogens with one attached hydrogen (secondary N) is 1. The van der Waals surface area contributed by atoms with E-state index in [1.54, 1.807) is 25.4 Å². The van der Waals surface area contributed by atoms with Gasteiger partial charge in [-0.05, 0) is 19.1 Å². The third kappa shape index (κ3) is 3.33. The average molecular weight is 354 g/mol. The van der Waals surface area contributed by atoms with Crippen molar-refractivity contribution in [1.82, 2.24) is 30.5 Å². The van der Waals surface area contributed by atoms with Crippen LogP contribution in [0.4, 0.5) is 0 Å². The summed E-state index contributed by atoms with van der Waals surface area (Å²) in [7, 11) is 0. The first-order valence-corrected chi connectivity index (χ1v) is 8.32. The molecule has 1 amide bonds. The Labute approximate surface area is 149 Å². The first-order valence-electron chi connectivity index (χ1n) is 8.32. The van der Waals surface area contributed by atoms with Crippen LogP contribution in [0.2, 0.25) is 0 Å². The molecule has 9 heteroatoms. The number of aromatic nitrogens is 5. The highest BCUT2D eigenvalue weighted by atomic mass is 16.5. The summed E-state index contributed by atoms with van der Waals surface area (Å²) in [6.07, 6.45) is 3.48. The second kappa shape index (κ2) is 7.04. The van der Waals surface area contributed by atoms with E-state index in [0.29, 0.717) is 32.1 Å². The molecule has 4 heterocycles. The van der Waals surface area contributed by atoms with Crippen LogP contribution < -0.4 is 5.32 Å². The normalized spacial score (nSPS) is 16.7. The number of rotatable bonds is 4. The number of aryl methyl sites for hydroxylation is 1. The van der Waals surface area contributed by atoms with E-state index < -0.39 is 0 Å². The van der Waals surface area contributed by atoms with E-state index in [1.807, 2.05) is 16.8 Å². The van der Waals surface area contributed by atoms with Gasteiger partial charge >= 0.3 is 0 Å². The van der Waals surface area contributed by atoms with Crippen molar-refractivity contribution in [1.29, 1.82) is 0 Å². The van der Waals surface area contributed by atoms with Crippen LogP contribution in [0, 0.1) is 12.8 Å². The molecule has 0 saturated carbocycles. The number of hydrogen-bond donors (Lipinski definition) is 1. The molecular weight excluding hydrogens is 336 g/mol. The minimum atomic E-state index is -0.263. The molecule has 0 aromatic carbocycles. The molecule has 1 aliphatic heterocycles. The van der Waals surface area contributed by atoms with Crippen LogP contribution in [0.15, 0.2) is 35.1 Å². The SMILES string of the molecule is Cc1cc(C(=O)NCC2COCc3c(-c4cccnc4)nnn3C2)no1. The Morgan fingerprint density at radius 2 is 2.38 bits per heavy atom. The molecule has 1 N–H and O–H groups in total. The molecule has 1 unspecified atom stereocenters. The van der Waals surface area contributed by atoms with Gasteiger partial charge in [0.25, 0.3) is 5.91 Å². The fourth-order valence-electron chi connectivity index (χ4n) is 2.89. The van der Waals surface area contributed by atoms with Crippen molar-refractivity contribution >= 4 is 5.91 Å². The number of hydrogen-bond acceptors (Lipinski definition) is 7. The van der Waals surface area contributed by atoms with Gasteiger partial charge in [0.1, 0.15) is 11.5 Å². The minimum Gasteiger partial charge on any atom is -0.375 e. The second-order valence-corrected chi connectivity index (χ2v) is 6.22. The zero-order valence-electron chi connectivity index (χ0n) is 14.3. The van der Waals surface area contributed by atoms with E-state index in [9.17, 15) is 4.79 Å². The number of nitrogens with zero attached hydrogens (tertiary/aromatic N) is 5. The summed E-state index contributed by atoms with van der Waals surface area (Å²) in [6, 6.07) is 5.41. The third-order valence-electron chi connectivity index (χ3n) is 4.21. The molecule has 26 heavy (non-hydrogen) atoms. The van der Waals surface area contributed by atoms with Gasteiger partial charge in [0, 0.05) is 43.0 Å². The minimum absolute atomic E-state index is 0.0802. The number of ether oxygens (including phenoxy) is 1. The zero-order chi connectivity index (χ0) is 17.9.